The summed E-state index contributed by atoms with van der Waals surface area (Å²) in [5.41, 5.74) is 0. The first-order chi connectivity index (χ1) is 39.0. The van der Waals surface area contributed by atoms with Crippen LogP contribution in [0.25, 0.3) is 0 Å². The van der Waals surface area contributed by atoms with Gasteiger partial charge < -0.3 is 14.2 Å². The summed E-state index contributed by atoms with van der Waals surface area (Å²) in [4.78, 5) is 38.4. The Morgan fingerprint density at radius 3 is 0.797 bits per heavy atom. The van der Waals surface area contributed by atoms with E-state index in [4.69, 9.17) is 14.2 Å². The van der Waals surface area contributed by atoms with Crippen LogP contribution in [0, 0.1) is 0 Å². The number of unbranched alkanes of at least 4 members (excludes halogenated alkanes) is 34. The van der Waals surface area contributed by atoms with E-state index in [1.165, 1.54) is 186 Å². The Balaban J connectivity index is 4.43. The van der Waals surface area contributed by atoms with Gasteiger partial charge in [-0.1, -0.05) is 285 Å². The van der Waals surface area contributed by atoms with E-state index in [0.29, 0.717) is 19.3 Å². The molecule has 0 amide bonds. The largest absolute Gasteiger partial charge is 0.462 e. The monoisotopic (exact) mass is 1100 g/mol. The first kappa shape index (κ1) is 75.3. The summed E-state index contributed by atoms with van der Waals surface area (Å²) in [6.07, 6.45) is 89.9. The third-order valence-corrected chi connectivity index (χ3v) is 14.5. The molecule has 1 atom stereocenters. The van der Waals surface area contributed by atoms with E-state index in [1.54, 1.807) is 0 Å². The molecule has 0 aromatic heterocycles. The third-order valence-electron chi connectivity index (χ3n) is 14.5. The molecule has 0 bridgehead atoms. The van der Waals surface area contributed by atoms with E-state index in [0.717, 1.165) is 103 Å². The molecular weight excluding hydrogens is 973 g/mol. The fraction of sp³-hybridized carbons (Fsp3) is 0.740. The zero-order valence-corrected chi connectivity index (χ0v) is 52.1. The normalized spacial score (nSPS) is 12.7. The number of carbonyl (C=O) groups is 3. The topological polar surface area (TPSA) is 78.9 Å². The quantitative estimate of drug-likeness (QED) is 0.0261. The standard InChI is InChI=1S/C73H126O6/c1-4-7-10-13-16-19-22-25-28-31-34-36-39-42-45-48-51-54-57-60-63-66-72(75)78-69-70(68-77-71(74)65-62-59-56-53-50-47-44-41-38-33-30-27-24-21-18-15-12-9-6-3)79-73(76)67-64-61-58-55-52-49-46-43-40-37-35-32-29-26-23-20-17-14-11-8-5-2/h9,12,18,21-22,25,27,30-32,34-35,38,41,47,50,70H,4-8,10-11,13-17,19-20,23-24,26,28-29,33,36-37,39-40,42-46,48-49,51-69H2,1-3H3/b12-9-,21-18-,25-22-,30-27-,34-31-,35-32-,41-38-,50-47-. The van der Waals surface area contributed by atoms with E-state index in [-0.39, 0.29) is 31.1 Å². The summed E-state index contributed by atoms with van der Waals surface area (Å²) in [6, 6.07) is 0. The molecule has 0 N–H and O–H groups in total. The Kier molecular flexibility index (Phi) is 63.7. The molecule has 0 aliphatic rings. The number of hydrogen-bond donors (Lipinski definition) is 0. The summed E-state index contributed by atoms with van der Waals surface area (Å²) < 4.78 is 16.9. The van der Waals surface area contributed by atoms with Crippen molar-refractivity contribution in [1.82, 2.24) is 0 Å². The number of hydrogen-bond acceptors (Lipinski definition) is 6. The Bertz CT molecular complexity index is 1540. The molecule has 0 aromatic carbocycles. The second-order valence-corrected chi connectivity index (χ2v) is 22.3. The fourth-order valence-corrected chi connectivity index (χ4v) is 9.50. The molecule has 0 fully saturated rings. The maximum Gasteiger partial charge on any atom is 0.306 e. The van der Waals surface area contributed by atoms with Crippen molar-refractivity contribution in [3.8, 4) is 0 Å². The van der Waals surface area contributed by atoms with Gasteiger partial charge in [0.2, 0.25) is 0 Å². The van der Waals surface area contributed by atoms with E-state index in [2.05, 4.69) is 118 Å². The second kappa shape index (κ2) is 66.8. The minimum atomic E-state index is -0.797. The van der Waals surface area contributed by atoms with Gasteiger partial charge in [0.25, 0.3) is 0 Å². The lowest BCUT2D eigenvalue weighted by Crippen LogP contribution is -2.30. The van der Waals surface area contributed by atoms with Gasteiger partial charge in [0, 0.05) is 19.3 Å². The highest BCUT2D eigenvalue weighted by atomic mass is 16.6. The molecule has 6 heteroatoms. The average molecular weight is 1100 g/mol. The lowest BCUT2D eigenvalue weighted by Gasteiger charge is -2.18. The van der Waals surface area contributed by atoms with E-state index in [1.807, 2.05) is 0 Å². The third kappa shape index (κ3) is 65.0. The molecule has 1 unspecified atom stereocenters. The molecule has 454 valence electrons. The van der Waals surface area contributed by atoms with E-state index < -0.39 is 6.10 Å². The van der Waals surface area contributed by atoms with Crippen LogP contribution < -0.4 is 0 Å². The van der Waals surface area contributed by atoms with Gasteiger partial charge in [0.1, 0.15) is 13.2 Å². The van der Waals surface area contributed by atoms with Crippen LogP contribution >= 0.6 is 0 Å². The Morgan fingerprint density at radius 1 is 0.266 bits per heavy atom. The van der Waals surface area contributed by atoms with Crippen molar-refractivity contribution in [3.63, 3.8) is 0 Å². The number of ether oxygens (including phenoxy) is 3. The van der Waals surface area contributed by atoms with Gasteiger partial charge >= 0.3 is 17.9 Å². The fourth-order valence-electron chi connectivity index (χ4n) is 9.50. The van der Waals surface area contributed by atoms with Crippen molar-refractivity contribution >= 4 is 17.9 Å². The van der Waals surface area contributed by atoms with Gasteiger partial charge in [-0.05, 0) is 122 Å². The van der Waals surface area contributed by atoms with Crippen molar-refractivity contribution < 1.29 is 28.6 Å². The highest BCUT2D eigenvalue weighted by Gasteiger charge is 2.19. The van der Waals surface area contributed by atoms with Crippen molar-refractivity contribution in [2.45, 2.75) is 335 Å². The highest BCUT2D eigenvalue weighted by molar-refractivity contribution is 5.71. The van der Waals surface area contributed by atoms with Crippen molar-refractivity contribution in [2.75, 3.05) is 13.2 Å². The van der Waals surface area contributed by atoms with Gasteiger partial charge in [0.15, 0.2) is 6.10 Å². The van der Waals surface area contributed by atoms with Crippen LogP contribution in [-0.4, -0.2) is 37.2 Å². The van der Waals surface area contributed by atoms with Crippen molar-refractivity contribution in [3.05, 3.63) is 97.2 Å². The van der Waals surface area contributed by atoms with Crippen LogP contribution in [0.4, 0.5) is 0 Å². The molecule has 0 rings (SSSR count). The van der Waals surface area contributed by atoms with Crippen LogP contribution in [0.2, 0.25) is 0 Å². The number of esters is 3. The summed E-state index contributed by atoms with van der Waals surface area (Å²) in [6.45, 7) is 6.52. The van der Waals surface area contributed by atoms with Crippen LogP contribution in [0.15, 0.2) is 97.2 Å². The van der Waals surface area contributed by atoms with Crippen LogP contribution in [0.5, 0.6) is 0 Å². The molecule has 79 heavy (non-hydrogen) atoms. The summed E-state index contributed by atoms with van der Waals surface area (Å²) in [5, 5.41) is 0. The zero-order valence-electron chi connectivity index (χ0n) is 52.1. The first-order valence-corrected chi connectivity index (χ1v) is 33.7. The molecule has 0 spiro atoms. The van der Waals surface area contributed by atoms with Crippen molar-refractivity contribution in [2.24, 2.45) is 0 Å². The van der Waals surface area contributed by atoms with Crippen molar-refractivity contribution in [1.29, 1.82) is 0 Å². The van der Waals surface area contributed by atoms with Gasteiger partial charge in [-0.3, -0.25) is 14.4 Å². The Hall–Kier alpha value is -3.67. The molecule has 0 aliphatic carbocycles. The van der Waals surface area contributed by atoms with E-state index >= 15 is 0 Å². The number of rotatable bonds is 61. The summed E-state index contributed by atoms with van der Waals surface area (Å²) >= 11 is 0. The lowest BCUT2D eigenvalue weighted by atomic mass is 10.1. The van der Waals surface area contributed by atoms with Crippen LogP contribution in [-0.2, 0) is 28.6 Å². The predicted molar refractivity (Wildman–Crippen MR) is 344 cm³/mol. The zero-order chi connectivity index (χ0) is 57.1. The highest BCUT2D eigenvalue weighted by Crippen LogP contribution is 2.16. The maximum absolute atomic E-state index is 12.9. The number of allylic oxidation sites excluding steroid dienone is 16. The molecule has 0 saturated carbocycles. The van der Waals surface area contributed by atoms with Gasteiger partial charge in [0.05, 0.1) is 0 Å². The lowest BCUT2D eigenvalue weighted by molar-refractivity contribution is -0.167. The molecule has 0 radical (unpaired) electrons. The van der Waals surface area contributed by atoms with Crippen LogP contribution in [0.1, 0.15) is 329 Å². The minimum absolute atomic E-state index is 0.0905. The molecule has 0 heterocycles. The molecular formula is C73H126O6. The summed E-state index contributed by atoms with van der Waals surface area (Å²) in [7, 11) is 0. The van der Waals surface area contributed by atoms with Crippen LogP contribution in [0.3, 0.4) is 0 Å². The minimum Gasteiger partial charge on any atom is -0.462 e. The summed E-state index contributed by atoms with van der Waals surface area (Å²) in [5.74, 6) is -0.917. The molecule has 0 saturated heterocycles. The predicted octanol–water partition coefficient (Wildman–Crippen LogP) is 23.2. The second-order valence-electron chi connectivity index (χ2n) is 22.3. The Labute approximate surface area is 489 Å². The van der Waals surface area contributed by atoms with Gasteiger partial charge in [-0.2, -0.15) is 0 Å². The smallest absolute Gasteiger partial charge is 0.306 e. The molecule has 0 aliphatic heterocycles. The SMILES string of the molecule is CC/C=C\C/C=C\C/C=C\C/C=C\C/C=C\CCCCCC(=O)OCC(COC(=O)CCCCCCCCCCC/C=C\C/C=C\CCCCCCC)OC(=O)CCCCCCCCCCC/C=C\CCCCCCCCCC. The van der Waals surface area contributed by atoms with Gasteiger partial charge in [-0.15, -0.1) is 0 Å². The van der Waals surface area contributed by atoms with Gasteiger partial charge in [-0.25, -0.2) is 0 Å². The van der Waals surface area contributed by atoms with E-state index in [9.17, 15) is 14.4 Å². The number of carbonyl (C=O) groups excluding carboxylic acids is 3. The first-order valence-electron chi connectivity index (χ1n) is 33.7. The maximum atomic E-state index is 12.9. The molecule has 6 nitrogen and oxygen atoms in total. The Morgan fingerprint density at radius 2 is 0.494 bits per heavy atom. The molecule has 0 aromatic rings. The average Bonchev–Trinajstić information content (AvgIpc) is 3.45.